The molecule has 0 amide bonds. The fourth-order valence-corrected chi connectivity index (χ4v) is 9.21. The first-order chi connectivity index (χ1) is 31.7. The van der Waals surface area contributed by atoms with Crippen LogP contribution in [0.15, 0.2) is 182 Å². The molecule has 0 saturated carbocycles. The second-order valence-electron chi connectivity index (χ2n) is 16.6. The van der Waals surface area contributed by atoms with Crippen molar-refractivity contribution in [3.8, 4) is 73.0 Å². The molecule has 10 rings (SSSR count). The van der Waals surface area contributed by atoms with Crippen LogP contribution >= 0.6 is 0 Å². The number of fused-ring (bicyclic) bond motifs is 3. The molecule has 2 heterocycles. The zero-order chi connectivity index (χ0) is 45.9. The highest BCUT2D eigenvalue weighted by molar-refractivity contribution is 6.12. The summed E-state index contributed by atoms with van der Waals surface area (Å²) in [4.78, 5) is 10.1. The Labute approximate surface area is 377 Å². The van der Waals surface area contributed by atoms with E-state index in [1.165, 1.54) is 24.3 Å². The molecule has 9 heteroatoms. The van der Waals surface area contributed by atoms with E-state index in [0.717, 1.165) is 85.0 Å². The first kappa shape index (κ1) is 42.2. The summed E-state index contributed by atoms with van der Waals surface area (Å²) in [5.74, 6) is 0.445. The van der Waals surface area contributed by atoms with Crippen molar-refractivity contribution in [1.82, 2.24) is 14.5 Å². The van der Waals surface area contributed by atoms with Crippen LogP contribution in [0, 0.1) is 20.8 Å². The van der Waals surface area contributed by atoms with Crippen LogP contribution in [0.25, 0.3) is 94.8 Å². The summed E-state index contributed by atoms with van der Waals surface area (Å²) < 4.78 is 86.9. The smallest absolute Gasteiger partial charge is 0.308 e. The fourth-order valence-electron chi connectivity index (χ4n) is 9.21. The third-order valence-corrected chi connectivity index (χ3v) is 12.1. The minimum Gasteiger partial charge on any atom is -0.308 e. The molecule has 0 atom stereocenters. The molecule has 0 spiro atoms. The van der Waals surface area contributed by atoms with Crippen molar-refractivity contribution in [1.29, 1.82) is 0 Å². The van der Waals surface area contributed by atoms with Crippen molar-refractivity contribution >= 4 is 21.8 Å². The minimum absolute atomic E-state index is 0.445. The Morgan fingerprint density at radius 1 is 0.394 bits per heavy atom. The summed E-state index contributed by atoms with van der Waals surface area (Å²) >= 11 is 0. The molecule has 0 unspecified atom stereocenters. The molecule has 324 valence electrons. The standard InChI is InChI=1S/C57H39F6N3/c1-34-28-35(2)53(36(3)29-34)41-22-27-52-48(30-41)45-16-10-11-17-51(45)66(52)54-46(37-18-23-43(24-19-37)56(58,59)60)31-42(32-47(54)38-20-25-44(26-21-38)57(61,62)63)50-33-49(39-12-6-4-7-13-39)64-55(65-50)40-14-8-5-9-15-40/h4-33H,1-3H3. The largest absolute Gasteiger partial charge is 0.416 e. The molecule has 0 bridgehead atoms. The van der Waals surface area contributed by atoms with Gasteiger partial charge < -0.3 is 4.57 Å². The summed E-state index contributed by atoms with van der Waals surface area (Å²) in [5, 5.41) is 1.85. The van der Waals surface area contributed by atoms with Crippen LogP contribution in [0.1, 0.15) is 27.8 Å². The number of aryl methyl sites for hydroxylation is 3. The van der Waals surface area contributed by atoms with Gasteiger partial charge in [0.1, 0.15) is 0 Å². The molecule has 8 aromatic carbocycles. The highest BCUT2D eigenvalue weighted by Crippen LogP contribution is 2.46. The van der Waals surface area contributed by atoms with Crippen LogP contribution in [0.5, 0.6) is 0 Å². The van der Waals surface area contributed by atoms with Gasteiger partial charge in [-0.05, 0) is 115 Å². The first-order valence-electron chi connectivity index (χ1n) is 21.4. The predicted octanol–water partition coefficient (Wildman–Crippen LogP) is 16.5. The molecule has 10 aromatic rings. The van der Waals surface area contributed by atoms with Gasteiger partial charge in [-0.25, -0.2) is 9.97 Å². The van der Waals surface area contributed by atoms with Gasteiger partial charge in [0.25, 0.3) is 0 Å². The lowest BCUT2D eigenvalue weighted by atomic mass is 9.90. The van der Waals surface area contributed by atoms with Crippen molar-refractivity contribution < 1.29 is 26.3 Å². The lowest BCUT2D eigenvalue weighted by Gasteiger charge is -2.22. The third kappa shape index (κ3) is 7.80. The maximum Gasteiger partial charge on any atom is 0.416 e. The van der Waals surface area contributed by atoms with Gasteiger partial charge in [0.2, 0.25) is 0 Å². The fraction of sp³-hybridized carbons (Fsp3) is 0.0877. The van der Waals surface area contributed by atoms with E-state index >= 15 is 0 Å². The Morgan fingerprint density at radius 3 is 1.41 bits per heavy atom. The van der Waals surface area contributed by atoms with E-state index in [4.69, 9.17) is 9.97 Å². The summed E-state index contributed by atoms with van der Waals surface area (Å²) in [6, 6.07) is 53.3. The molecule has 0 radical (unpaired) electrons. The molecule has 0 aliphatic heterocycles. The highest BCUT2D eigenvalue weighted by atomic mass is 19.4. The van der Waals surface area contributed by atoms with Crippen LogP contribution in [0.4, 0.5) is 26.3 Å². The number of rotatable bonds is 7. The number of benzene rings is 8. The number of hydrogen-bond acceptors (Lipinski definition) is 2. The van der Waals surface area contributed by atoms with E-state index in [-0.39, 0.29) is 0 Å². The Bertz CT molecular complexity index is 3280. The van der Waals surface area contributed by atoms with Crippen LogP contribution in [0.2, 0.25) is 0 Å². The second-order valence-corrected chi connectivity index (χ2v) is 16.6. The van der Waals surface area contributed by atoms with Crippen molar-refractivity contribution in [3.05, 3.63) is 210 Å². The maximum atomic E-state index is 14.1. The number of para-hydroxylation sites is 1. The summed E-state index contributed by atoms with van der Waals surface area (Å²) in [5.41, 5.74) is 11.4. The Morgan fingerprint density at radius 2 is 0.864 bits per heavy atom. The lowest BCUT2D eigenvalue weighted by Crippen LogP contribution is -2.06. The Kier molecular flexibility index (Phi) is 10.4. The summed E-state index contributed by atoms with van der Waals surface area (Å²) in [7, 11) is 0. The molecule has 3 nitrogen and oxygen atoms in total. The topological polar surface area (TPSA) is 30.7 Å². The third-order valence-electron chi connectivity index (χ3n) is 12.1. The maximum absolute atomic E-state index is 14.1. The van der Waals surface area contributed by atoms with Crippen molar-refractivity contribution in [2.75, 3.05) is 0 Å². The van der Waals surface area contributed by atoms with E-state index in [2.05, 4.69) is 49.6 Å². The van der Waals surface area contributed by atoms with Crippen molar-refractivity contribution in [2.24, 2.45) is 0 Å². The number of hydrogen-bond donors (Lipinski definition) is 0. The van der Waals surface area contributed by atoms with Gasteiger partial charge in [-0.1, -0.05) is 127 Å². The molecular weight excluding hydrogens is 841 g/mol. The van der Waals surface area contributed by atoms with Gasteiger partial charge in [-0.15, -0.1) is 0 Å². The van der Waals surface area contributed by atoms with E-state index in [1.54, 1.807) is 0 Å². The summed E-state index contributed by atoms with van der Waals surface area (Å²) in [6.45, 7) is 6.27. The quantitative estimate of drug-likeness (QED) is 0.149. The zero-order valence-electron chi connectivity index (χ0n) is 35.9. The van der Waals surface area contributed by atoms with Crippen LogP contribution in [-0.2, 0) is 12.4 Å². The van der Waals surface area contributed by atoms with Gasteiger partial charge in [0.15, 0.2) is 5.82 Å². The van der Waals surface area contributed by atoms with E-state index in [1.807, 2.05) is 109 Å². The zero-order valence-corrected chi connectivity index (χ0v) is 35.9. The lowest BCUT2D eigenvalue weighted by molar-refractivity contribution is -0.138. The van der Waals surface area contributed by atoms with Gasteiger partial charge in [0, 0.05) is 38.6 Å². The molecule has 0 aliphatic rings. The molecule has 2 aromatic heterocycles. The number of halogens is 6. The monoisotopic (exact) mass is 879 g/mol. The van der Waals surface area contributed by atoms with E-state index in [9.17, 15) is 26.3 Å². The molecule has 0 fully saturated rings. The molecule has 0 saturated heterocycles. The van der Waals surface area contributed by atoms with Crippen LogP contribution in [0.3, 0.4) is 0 Å². The summed E-state index contributed by atoms with van der Waals surface area (Å²) in [6.07, 6.45) is -9.17. The van der Waals surface area contributed by atoms with Gasteiger partial charge in [0.05, 0.1) is 39.2 Å². The average molecular weight is 880 g/mol. The average Bonchev–Trinajstić information content (AvgIpc) is 3.64. The van der Waals surface area contributed by atoms with Crippen molar-refractivity contribution in [2.45, 2.75) is 33.1 Å². The number of nitrogens with zero attached hydrogens (tertiary/aromatic N) is 3. The first-order valence-corrected chi connectivity index (χ1v) is 21.4. The number of aromatic nitrogens is 3. The second kappa shape index (κ2) is 16.3. The number of alkyl halides is 6. The highest BCUT2D eigenvalue weighted by Gasteiger charge is 2.32. The molecule has 66 heavy (non-hydrogen) atoms. The minimum atomic E-state index is -4.59. The molecular formula is C57H39F6N3. The van der Waals surface area contributed by atoms with Crippen LogP contribution < -0.4 is 0 Å². The molecule has 0 aliphatic carbocycles. The Balaban J connectivity index is 1.32. The molecule has 0 N–H and O–H groups in total. The van der Waals surface area contributed by atoms with Crippen molar-refractivity contribution in [3.63, 3.8) is 0 Å². The Hall–Kier alpha value is -7.78. The van der Waals surface area contributed by atoms with E-state index < -0.39 is 23.5 Å². The normalized spacial score (nSPS) is 12.0. The van der Waals surface area contributed by atoms with Gasteiger partial charge in [-0.3, -0.25) is 0 Å². The van der Waals surface area contributed by atoms with Crippen LogP contribution in [-0.4, -0.2) is 14.5 Å². The van der Waals surface area contributed by atoms with Gasteiger partial charge in [-0.2, -0.15) is 26.3 Å². The predicted molar refractivity (Wildman–Crippen MR) is 253 cm³/mol. The SMILES string of the molecule is Cc1cc(C)c(-c2ccc3c(c2)c2ccccc2n3-c2c(-c3ccc(C(F)(F)F)cc3)cc(-c3cc(-c4ccccc4)nc(-c4ccccc4)n3)cc2-c2ccc(C(F)(F)F)cc2)c(C)c1. The van der Waals surface area contributed by atoms with E-state index in [0.29, 0.717) is 50.7 Å². The van der Waals surface area contributed by atoms with Gasteiger partial charge >= 0.3 is 12.4 Å².